The summed E-state index contributed by atoms with van der Waals surface area (Å²) in [7, 11) is 0. The fraction of sp³-hybridized carbons (Fsp3) is 0.263. The molecule has 0 spiro atoms. The summed E-state index contributed by atoms with van der Waals surface area (Å²) < 4.78 is 5.16. The van der Waals surface area contributed by atoms with Crippen LogP contribution in [0.25, 0.3) is 0 Å². The maximum atomic E-state index is 12.3. The quantitative estimate of drug-likeness (QED) is 0.515. The molecule has 0 saturated heterocycles. The molecule has 29 heavy (non-hydrogen) atoms. The van der Waals surface area contributed by atoms with Gasteiger partial charge in [-0.05, 0) is 30.2 Å². The number of rotatable bonds is 9. The number of esters is 1. The Hall–Kier alpha value is -3.40. The van der Waals surface area contributed by atoms with E-state index in [9.17, 15) is 9.59 Å². The third kappa shape index (κ3) is 6.32. The van der Waals surface area contributed by atoms with Crippen LogP contribution in [0.15, 0.2) is 42.7 Å². The van der Waals surface area contributed by atoms with Gasteiger partial charge in [0.05, 0.1) is 6.42 Å². The molecule has 0 atom stereocenters. The number of hydrogen-bond donors (Lipinski definition) is 2. The average Bonchev–Trinajstić information content (AvgIpc) is 3.23. The average molecular weight is 412 g/mol. The van der Waals surface area contributed by atoms with Gasteiger partial charge in [0.1, 0.15) is 6.61 Å². The molecule has 0 aliphatic heterocycles. The van der Waals surface area contributed by atoms with Crippen LogP contribution in [0, 0.1) is 0 Å². The number of aryl methyl sites for hydroxylation is 1. The van der Waals surface area contributed by atoms with Crippen LogP contribution in [0.5, 0.6) is 0 Å². The van der Waals surface area contributed by atoms with Crippen LogP contribution in [0.2, 0.25) is 0 Å². The molecule has 2 heterocycles. The normalized spacial score (nSPS) is 10.4. The molecule has 2 N–H and O–H groups in total. The Kier molecular flexibility index (Phi) is 7.17. The number of amides is 1. The van der Waals surface area contributed by atoms with Gasteiger partial charge in [0.15, 0.2) is 5.01 Å². The highest BCUT2D eigenvalue weighted by Crippen LogP contribution is 2.15. The number of carbonyl (C=O) groups excluding carboxylic acids is 2. The first-order valence-electron chi connectivity index (χ1n) is 9.03. The van der Waals surface area contributed by atoms with Crippen molar-refractivity contribution in [2.24, 2.45) is 0 Å². The molecule has 0 unspecified atom stereocenters. The lowest BCUT2D eigenvalue weighted by molar-refractivity contribution is -0.144. The van der Waals surface area contributed by atoms with E-state index in [0.29, 0.717) is 23.2 Å². The zero-order valence-electron chi connectivity index (χ0n) is 15.8. The van der Waals surface area contributed by atoms with Crippen molar-refractivity contribution >= 4 is 34.8 Å². The van der Waals surface area contributed by atoms with Crippen LogP contribution in [0.1, 0.15) is 33.7 Å². The summed E-state index contributed by atoms with van der Waals surface area (Å²) in [6.45, 7) is 2.39. The van der Waals surface area contributed by atoms with Crippen molar-refractivity contribution in [1.29, 1.82) is 0 Å². The molecular weight excluding hydrogens is 392 g/mol. The van der Waals surface area contributed by atoms with Gasteiger partial charge < -0.3 is 15.4 Å². The Balaban J connectivity index is 1.42. The van der Waals surface area contributed by atoms with Crippen LogP contribution >= 0.6 is 11.3 Å². The van der Waals surface area contributed by atoms with Gasteiger partial charge in [-0.15, -0.1) is 10.2 Å². The monoisotopic (exact) mass is 412 g/mol. The van der Waals surface area contributed by atoms with Crippen molar-refractivity contribution in [3.05, 3.63) is 58.3 Å². The molecule has 1 amide bonds. The minimum absolute atomic E-state index is 0.0309. The van der Waals surface area contributed by atoms with Crippen LogP contribution in [-0.4, -0.2) is 38.6 Å². The standard InChI is InChI=1S/C19H20N6O3S/c1-2-13-4-6-14(7-5-13)23-17(27)18-25-24-15(29-18)12-28-16(26)8-11-22-19-20-9-3-10-21-19/h3-7,9-10H,2,8,11-12H2,1H3,(H,23,27)(H,20,21,22). The van der Waals surface area contributed by atoms with Crippen LogP contribution in [0.4, 0.5) is 11.6 Å². The molecule has 3 aromatic rings. The fourth-order valence-corrected chi connectivity index (χ4v) is 2.94. The zero-order valence-corrected chi connectivity index (χ0v) is 16.6. The molecule has 0 fully saturated rings. The Morgan fingerprint density at radius 2 is 1.86 bits per heavy atom. The first kappa shape index (κ1) is 20.3. The zero-order chi connectivity index (χ0) is 20.5. The van der Waals surface area contributed by atoms with Crippen molar-refractivity contribution in [3.63, 3.8) is 0 Å². The Morgan fingerprint density at radius 1 is 1.10 bits per heavy atom. The summed E-state index contributed by atoms with van der Waals surface area (Å²) in [6.07, 6.45) is 4.30. The van der Waals surface area contributed by atoms with Gasteiger partial charge in [0.2, 0.25) is 11.0 Å². The number of nitrogens with one attached hydrogen (secondary N) is 2. The second kappa shape index (κ2) is 10.2. The van der Waals surface area contributed by atoms with E-state index in [-0.39, 0.29) is 23.9 Å². The topological polar surface area (TPSA) is 119 Å². The van der Waals surface area contributed by atoms with Crippen LogP contribution < -0.4 is 10.6 Å². The van der Waals surface area contributed by atoms with Crippen molar-refractivity contribution in [2.45, 2.75) is 26.4 Å². The van der Waals surface area contributed by atoms with Gasteiger partial charge in [-0.1, -0.05) is 30.4 Å². The summed E-state index contributed by atoms with van der Waals surface area (Å²) in [5.74, 6) is -0.300. The molecule has 10 heteroatoms. The van der Waals surface area contributed by atoms with E-state index < -0.39 is 5.97 Å². The highest BCUT2D eigenvalue weighted by atomic mass is 32.1. The second-order valence-electron chi connectivity index (χ2n) is 5.92. The van der Waals surface area contributed by atoms with Crippen molar-refractivity contribution < 1.29 is 14.3 Å². The molecule has 1 aromatic carbocycles. The van der Waals surface area contributed by atoms with Crippen molar-refractivity contribution in [1.82, 2.24) is 20.2 Å². The molecule has 3 rings (SSSR count). The second-order valence-corrected chi connectivity index (χ2v) is 6.98. The summed E-state index contributed by atoms with van der Waals surface area (Å²) in [4.78, 5) is 32.1. The first-order chi connectivity index (χ1) is 14.1. The van der Waals surface area contributed by atoms with E-state index in [2.05, 4.69) is 37.7 Å². The van der Waals surface area contributed by atoms with Gasteiger partial charge >= 0.3 is 5.97 Å². The number of carbonyl (C=O) groups is 2. The molecule has 0 saturated carbocycles. The van der Waals surface area contributed by atoms with E-state index in [0.717, 1.165) is 17.8 Å². The Bertz CT molecular complexity index is 946. The minimum Gasteiger partial charge on any atom is -0.458 e. The minimum atomic E-state index is -0.398. The molecule has 2 aromatic heterocycles. The van der Waals surface area contributed by atoms with E-state index in [1.165, 1.54) is 5.56 Å². The maximum absolute atomic E-state index is 12.3. The van der Waals surface area contributed by atoms with Gasteiger partial charge in [0, 0.05) is 24.6 Å². The Labute approximate surface area is 171 Å². The SMILES string of the molecule is CCc1ccc(NC(=O)c2nnc(COC(=O)CCNc3ncccn3)s2)cc1. The first-order valence-corrected chi connectivity index (χ1v) is 9.85. The van der Waals surface area contributed by atoms with E-state index >= 15 is 0 Å². The van der Waals surface area contributed by atoms with E-state index in [4.69, 9.17) is 4.74 Å². The fourth-order valence-electron chi connectivity index (χ4n) is 2.29. The van der Waals surface area contributed by atoms with Crippen molar-refractivity contribution in [2.75, 3.05) is 17.2 Å². The summed E-state index contributed by atoms with van der Waals surface area (Å²) in [6, 6.07) is 9.31. The number of hydrogen-bond acceptors (Lipinski definition) is 9. The number of ether oxygens (including phenoxy) is 1. The van der Waals surface area contributed by atoms with Crippen molar-refractivity contribution in [3.8, 4) is 0 Å². The largest absolute Gasteiger partial charge is 0.458 e. The van der Waals surface area contributed by atoms with E-state index in [1.54, 1.807) is 18.5 Å². The number of anilines is 2. The predicted molar refractivity (Wildman–Crippen MR) is 109 cm³/mol. The van der Waals surface area contributed by atoms with Gasteiger partial charge in [-0.25, -0.2) is 9.97 Å². The van der Waals surface area contributed by atoms with Gasteiger partial charge in [-0.2, -0.15) is 0 Å². The smallest absolute Gasteiger partial charge is 0.307 e. The summed E-state index contributed by atoms with van der Waals surface area (Å²) >= 11 is 1.08. The predicted octanol–water partition coefficient (Wildman–Crippen LogP) is 2.69. The maximum Gasteiger partial charge on any atom is 0.307 e. The molecule has 0 aliphatic carbocycles. The Morgan fingerprint density at radius 3 is 2.59 bits per heavy atom. The molecule has 0 radical (unpaired) electrons. The van der Waals surface area contributed by atoms with Crippen LogP contribution in [0.3, 0.4) is 0 Å². The molecule has 0 aliphatic rings. The van der Waals surface area contributed by atoms with Gasteiger partial charge in [-0.3, -0.25) is 9.59 Å². The summed E-state index contributed by atoms with van der Waals surface area (Å²) in [5, 5.41) is 14.1. The molecule has 9 nitrogen and oxygen atoms in total. The third-order valence-electron chi connectivity index (χ3n) is 3.82. The molecule has 0 bridgehead atoms. The highest BCUT2D eigenvalue weighted by molar-refractivity contribution is 7.13. The lowest BCUT2D eigenvalue weighted by Crippen LogP contribution is -2.12. The van der Waals surface area contributed by atoms with Crippen LogP contribution in [-0.2, 0) is 22.6 Å². The van der Waals surface area contributed by atoms with E-state index in [1.807, 2.05) is 24.3 Å². The number of benzene rings is 1. The summed E-state index contributed by atoms with van der Waals surface area (Å²) in [5.41, 5.74) is 1.87. The number of nitrogens with zero attached hydrogens (tertiary/aromatic N) is 4. The molecular formula is C19H20N6O3S. The lowest BCUT2D eigenvalue weighted by atomic mass is 10.1. The lowest BCUT2D eigenvalue weighted by Gasteiger charge is -2.04. The number of aromatic nitrogens is 4. The third-order valence-corrected chi connectivity index (χ3v) is 4.71. The molecule has 150 valence electrons. The van der Waals surface area contributed by atoms with Gasteiger partial charge in [0.25, 0.3) is 5.91 Å². The highest BCUT2D eigenvalue weighted by Gasteiger charge is 2.14.